The second-order valence-electron chi connectivity index (χ2n) is 6.42. The lowest BCUT2D eigenvalue weighted by atomic mass is 10.1. The molecule has 9 nitrogen and oxygen atoms in total. The Bertz CT molecular complexity index is 1080. The number of hydrogen-bond acceptors (Lipinski definition) is 6. The molecule has 0 unspecified atom stereocenters. The van der Waals surface area contributed by atoms with Crippen molar-refractivity contribution in [2.75, 3.05) is 11.9 Å². The molecule has 0 spiro atoms. The Kier molecular flexibility index (Phi) is 6.72. The number of benzene rings is 2. The molecule has 0 aromatic heterocycles. The predicted octanol–water partition coefficient (Wildman–Crippen LogP) is 1.76. The van der Waals surface area contributed by atoms with E-state index in [1.807, 2.05) is 31.3 Å². The molecule has 0 aliphatic rings. The molecule has 3 amide bonds. The molecular weight excluding hydrogens is 398 g/mol. The maximum absolute atomic E-state index is 12.2. The summed E-state index contributed by atoms with van der Waals surface area (Å²) in [5.41, 5.74) is 2.77. The summed E-state index contributed by atoms with van der Waals surface area (Å²) < 4.78 is 27.7. The highest BCUT2D eigenvalue weighted by Crippen LogP contribution is 2.16. The summed E-state index contributed by atoms with van der Waals surface area (Å²) in [4.78, 5) is 35.7. The average Bonchev–Trinajstić information content (AvgIpc) is 2.61. The van der Waals surface area contributed by atoms with Crippen molar-refractivity contribution in [1.82, 2.24) is 5.32 Å². The number of ether oxygens (including phenoxy) is 1. The van der Waals surface area contributed by atoms with Crippen molar-refractivity contribution in [3.05, 3.63) is 58.7 Å². The van der Waals surface area contributed by atoms with Crippen molar-refractivity contribution in [2.24, 2.45) is 5.14 Å². The van der Waals surface area contributed by atoms with Crippen molar-refractivity contribution >= 4 is 33.6 Å². The van der Waals surface area contributed by atoms with E-state index in [-0.39, 0.29) is 10.5 Å². The van der Waals surface area contributed by atoms with Gasteiger partial charge in [0.05, 0.1) is 10.5 Å². The van der Waals surface area contributed by atoms with Gasteiger partial charge in [0.2, 0.25) is 10.0 Å². The van der Waals surface area contributed by atoms with E-state index in [2.05, 4.69) is 5.32 Å². The highest BCUT2D eigenvalue weighted by molar-refractivity contribution is 7.89. The summed E-state index contributed by atoms with van der Waals surface area (Å²) in [6.45, 7) is 4.57. The summed E-state index contributed by atoms with van der Waals surface area (Å²) in [5.74, 6) is -1.76. The third-order valence-electron chi connectivity index (χ3n) is 3.97. The number of sulfonamides is 1. The Morgan fingerprint density at radius 1 is 1.00 bits per heavy atom. The number of anilines is 1. The molecule has 0 atom stereocenters. The molecule has 0 saturated heterocycles. The lowest BCUT2D eigenvalue weighted by molar-refractivity contribution is -0.123. The van der Waals surface area contributed by atoms with Crippen molar-refractivity contribution in [3.63, 3.8) is 0 Å². The van der Waals surface area contributed by atoms with Crippen LogP contribution in [0.4, 0.5) is 10.5 Å². The second-order valence-corrected chi connectivity index (χ2v) is 7.98. The third-order valence-corrected chi connectivity index (χ3v) is 4.89. The topological polar surface area (TPSA) is 145 Å². The van der Waals surface area contributed by atoms with E-state index in [9.17, 15) is 22.8 Å². The molecule has 0 aliphatic heterocycles. The van der Waals surface area contributed by atoms with E-state index in [4.69, 9.17) is 9.88 Å². The first kappa shape index (κ1) is 22.1. The minimum atomic E-state index is -4.00. The van der Waals surface area contributed by atoms with Crippen LogP contribution in [0.5, 0.6) is 0 Å². The molecular formula is C19H21N3O6S. The van der Waals surface area contributed by atoms with Gasteiger partial charge in [0, 0.05) is 5.69 Å². The number of hydrogen-bond donors (Lipinski definition) is 3. The molecule has 2 rings (SSSR count). The Morgan fingerprint density at radius 2 is 1.69 bits per heavy atom. The number of urea groups is 1. The van der Waals surface area contributed by atoms with Gasteiger partial charge >= 0.3 is 12.0 Å². The zero-order chi connectivity index (χ0) is 21.8. The van der Waals surface area contributed by atoms with Crippen molar-refractivity contribution in [3.8, 4) is 0 Å². The fraction of sp³-hybridized carbons (Fsp3) is 0.211. The number of primary sulfonamides is 1. The monoisotopic (exact) mass is 419 g/mol. The van der Waals surface area contributed by atoms with Crippen LogP contribution in [0.2, 0.25) is 0 Å². The zero-order valence-electron chi connectivity index (χ0n) is 16.1. The number of carbonyl (C=O) groups excluding carboxylic acids is 3. The molecule has 0 aliphatic carbocycles. The van der Waals surface area contributed by atoms with Crippen LogP contribution < -0.4 is 15.8 Å². The van der Waals surface area contributed by atoms with E-state index < -0.39 is 34.5 Å². The number of amides is 3. The normalized spacial score (nSPS) is 10.9. The molecule has 0 saturated carbocycles. The summed E-state index contributed by atoms with van der Waals surface area (Å²) >= 11 is 0. The van der Waals surface area contributed by atoms with E-state index in [0.717, 1.165) is 17.2 Å². The fourth-order valence-electron chi connectivity index (χ4n) is 2.48. The maximum Gasteiger partial charge on any atom is 0.338 e. The van der Waals surface area contributed by atoms with Gasteiger partial charge in [0.1, 0.15) is 0 Å². The summed E-state index contributed by atoms with van der Waals surface area (Å²) in [6, 6.07) is 8.33. The van der Waals surface area contributed by atoms with Gasteiger partial charge in [-0.3, -0.25) is 10.1 Å². The van der Waals surface area contributed by atoms with E-state index >= 15 is 0 Å². The molecule has 0 fully saturated rings. The molecule has 0 radical (unpaired) electrons. The van der Waals surface area contributed by atoms with Gasteiger partial charge in [-0.2, -0.15) is 0 Å². The van der Waals surface area contributed by atoms with Gasteiger partial charge in [-0.05, 0) is 50.1 Å². The van der Waals surface area contributed by atoms with Crippen LogP contribution in [0.3, 0.4) is 0 Å². The van der Waals surface area contributed by atoms with Crippen LogP contribution >= 0.6 is 0 Å². The lowest BCUT2D eigenvalue weighted by Gasteiger charge is -2.11. The Labute approximate surface area is 168 Å². The molecule has 10 heteroatoms. The quantitative estimate of drug-likeness (QED) is 0.630. The summed E-state index contributed by atoms with van der Waals surface area (Å²) in [6.07, 6.45) is 0. The minimum Gasteiger partial charge on any atom is -0.452 e. The SMILES string of the molecule is Cc1ccc(NC(=O)NC(=O)COC(=O)c2cc(S(N)(=O)=O)ccc2C)c(C)c1. The van der Waals surface area contributed by atoms with Gasteiger partial charge < -0.3 is 10.1 Å². The lowest BCUT2D eigenvalue weighted by Crippen LogP contribution is -2.37. The number of imide groups is 1. The van der Waals surface area contributed by atoms with Crippen molar-refractivity contribution in [2.45, 2.75) is 25.7 Å². The molecule has 29 heavy (non-hydrogen) atoms. The number of aryl methyl sites for hydroxylation is 3. The average molecular weight is 419 g/mol. The Morgan fingerprint density at radius 3 is 2.31 bits per heavy atom. The Balaban J connectivity index is 1.95. The first-order valence-electron chi connectivity index (χ1n) is 8.46. The van der Waals surface area contributed by atoms with Crippen molar-refractivity contribution in [1.29, 1.82) is 0 Å². The third kappa shape index (κ3) is 6.13. The molecule has 0 heterocycles. The second kappa shape index (κ2) is 8.84. The number of nitrogens with one attached hydrogen (secondary N) is 2. The van der Waals surface area contributed by atoms with Gasteiger partial charge in [-0.25, -0.2) is 23.1 Å². The Hall–Kier alpha value is -3.24. The van der Waals surface area contributed by atoms with Gasteiger partial charge in [-0.1, -0.05) is 23.8 Å². The maximum atomic E-state index is 12.2. The van der Waals surface area contributed by atoms with E-state index in [0.29, 0.717) is 11.3 Å². The van der Waals surface area contributed by atoms with E-state index in [1.165, 1.54) is 12.1 Å². The zero-order valence-corrected chi connectivity index (χ0v) is 16.9. The molecule has 154 valence electrons. The predicted molar refractivity (Wildman–Crippen MR) is 106 cm³/mol. The van der Waals surface area contributed by atoms with Crippen LogP contribution in [0.25, 0.3) is 0 Å². The molecule has 2 aromatic carbocycles. The van der Waals surface area contributed by atoms with Gasteiger partial charge in [0.25, 0.3) is 5.91 Å². The minimum absolute atomic E-state index is 0.0518. The van der Waals surface area contributed by atoms with Crippen LogP contribution in [-0.4, -0.2) is 32.9 Å². The largest absolute Gasteiger partial charge is 0.452 e. The number of esters is 1. The fourth-order valence-corrected chi connectivity index (χ4v) is 3.02. The van der Waals surface area contributed by atoms with Crippen LogP contribution in [0.15, 0.2) is 41.3 Å². The molecule has 0 bridgehead atoms. The van der Waals surface area contributed by atoms with Gasteiger partial charge in [0.15, 0.2) is 6.61 Å². The van der Waals surface area contributed by atoms with Gasteiger partial charge in [-0.15, -0.1) is 0 Å². The highest BCUT2D eigenvalue weighted by Gasteiger charge is 2.18. The first-order chi connectivity index (χ1) is 13.5. The van der Waals surface area contributed by atoms with Crippen LogP contribution in [0.1, 0.15) is 27.0 Å². The molecule has 4 N–H and O–H groups in total. The summed E-state index contributed by atoms with van der Waals surface area (Å²) in [5, 5.41) is 9.62. The number of carbonyl (C=O) groups is 3. The molecule has 2 aromatic rings. The standard InChI is InChI=1S/C19H21N3O6S/c1-11-4-7-16(13(3)8-11)21-19(25)22-17(23)10-28-18(24)15-9-14(29(20,26)27)6-5-12(15)2/h4-9H,10H2,1-3H3,(H2,20,26,27)(H2,21,22,23,25). The van der Waals surface area contributed by atoms with Crippen LogP contribution in [0, 0.1) is 20.8 Å². The number of rotatable bonds is 5. The highest BCUT2D eigenvalue weighted by atomic mass is 32.2. The van der Waals surface area contributed by atoms with Crippen molar-refractivity contribution < 1.29 is 27.5 Å². The van der Waals surface area contributed by atoms with E-state index in [1.54, 1.807) is 13.0 Å². The summed E-state index contributed by atoms with van der Waals surface area (Å²) in [7, 11) is -4.00. The first-order valence-corrected chi connectivity index (χ1v) is 10.0. The van der Waals surface area contributed by atoms with Crippen LogP contribution in [-0.2, 0) is 19.6 Å². The smallest absolute Gasteiger partial charge is 0.338 e. The number of nitrogens with two attached hydrogens (primary N) is 1.